The van der Waals surface area contributed by atoms with Gasteiger partial charge in [-0.25, -0.2) is 0 Å². The summed E-state index contributed by atoms with van der Waals surface area (Å²) in [6.07, 6.45) is 0. The highest BCUT2D eigenvalue weighted by Gasteiger charge is 2.13. The van der Waals surface area contributed by atoms with E-state index >= 15 is 0 Å². The van der Waals surface area contributed by atoms with E-state index in [1.54, 1.807) is 14.0 Å². The van der Waals surface area contributed by atoms with Crippen LogP contribution in [0.5, 0.6) is 11.5 Å². The number of rotatable bonds is 5. The molecule has 2 N–H and O–H groups in total. The zero-order valence-electron chi connectivity index (χ0n) is 11.6. The van der Waals surface area contributed by atoms with Crippen molar-refractivity contribution in [2.75, 3.05) is 12.4 Å². The highest BCUT2D eigenvalue weighted by Crippen LogP contribution is 2.29. The van der Waals surface area contributed by atoms with Crippen molar-refractivity contribution >= 4 is 11.6 Å². The fraction of sp³-hybridized carbons (Fsp3) is 0.188. The number of likely N-dealkylation sites (N-methyl/N-ethyl adjacent to an activating group) is 1. The van der Waals surface area contributed by atoms with Crippen molar-refractivity contribution < 1.29 is 9.53 Å². The Morgan fingerprint density at radius 3 is 2.40 bits per heavy atom. The number of amides is 1. The van der Waals surface area contributed by atoms with Crippen molar-refractivity contribution in [3.63, 3.8) is 0 Å². The summed E-state index contributed by atoms with van der Waals surface area (Å²) in [4.78, 5) is 11.6. The standard InChI is InChI=1S/C16H18N2O2/c1-12(16(19)17-2)18-14-10-6-7-11-15(14)20-13-8-4-3-5-9-13/h3-12,18H,1-2H3,(H,17,19). The summed E-state index contributed by atoms with van der Waals surface area (Å²) in [5, 5.41) is 5.76. The highest BCUT2D eigenvalue weighted by atomic mass is 16.5. The molecule has 1 atom stereocenters. The fourth-order valence-electron chi connectivity index (χ4n) is 1.81. The van der Waals surface area contributed by atoms with Crippen LogP contribution in [0.4, 0.5) is 5.69 Å². The minimum absolute atomic E-state index is 0.0699. The number of hydrogen-bond acceptors (Lipinski definition) is 3. The van der Waals surface area contributed by atoms with Gasteiger partial charge in [0.05, 0.1) is 5.69 Å². The molecule has 4 heteroatoms. The Morgan fingerprint density at radius 1 is 1.05 bits per heavy atom. The second kappa shape index (κ2) is 6.61. The third-order valence-corrected chi connectivity index (χ3v) is 2.87. The minimum Gasteiger partial charge on any atom is -0.455 e. The maximum atomic E-state index is 11.6. The lowest BCUT2D eigenvalue weighted by Gasteiger charge is -2.17. The maximum Gasteiger partial charge on any atom is 0.241 e. The molecule has 0 fully saturated rings. The van der Waals surface area contributed by atoms with Gasteiger partial charge < -0.3 is 15.4 Å². The van der Waals surface area contributed by atoms with E-state index in [0.717, 1.165) is 11.4 Å². The van der Waals surface area contributed by atoms with Crippen LogP contribution in [0.15, 0.2) is 54.6 Å². The molecule has 2 aromatic rings. The number of para-hydroxylation sites is 3. The molecule has 0 saturated carbocycles. The first-order chi connectivity index (χ1) is 9.70. The van der Waals surface area contributed by atoms with Gasteiger partial charge in [0.2, 0.25) is 5.91 Å². The first-order valence-electron chi connectivity index (χ1n) is 6.51. The molecule has 0 aliphatic carbocycles. The fourth-order valence-corrected chi connectivity index (χ4v) is 1.81. The van der Waals surface area contributed by atoms with Crippen LogP contribution in [-0.4, -0.2) is 19.0 Å². The van der Waals surface area contributed by atoms with Crippen molar-refractivity contribution in [2.45, 2.75) is 13.0 Å². The number of hydrogen-bond donors (Lipinski definition) is 2. The number of benzene rings is 2. The minimum atomic E-state index is -0.333. The Kier molecular flexibility index (Phi) is 4.60. The van der Waals surface area contributed by atoms with Crippen LogP contribution in [0.3, 0.4) is 0 Å². The molecule has 0 radical (unpaired) electrons. The lowest BCUT2D eigenvalue weighted by Crippen LogP contribution is -2.35. The second-order valence-electron chi connectivity index (χ2n) is 4.39. The van der Waals surface area contributed by atoms with E-state index in [4.69, 9.17) is 4.74 Å². The number of nitrogens with one attached hydrogen (secondary N) is 2. The molecule has 20 heavy (non-hydrogen) atoms. The first-order valence-corrected chi connectivity index (χ1v) is 6.51. The van der Waals surface area contributed by atoms with E-state index in [-0.39, 0.29) is 11.9 Å². The molecule has 0 aliphatic heterocycles. The van der Waals surface area contributed by atoms with E-state index < -0.39 is 0 Å². The Balaban J connectivity index is 2.16. The monoisotopic (exact) mass is 270 g/mol. The predicted molar refractivity (Wildman–Crippen MR) is 80.1 cm³/mol. The quantitative estimate of drug-likeness (QED) is 0.878. The Morgan fingerprint density at radius 2 is 1.70 bits per heavy atom. The van der Waals surface area contributed by atoms with Gasteiger partial charge in [-0.05, 0) is 31.2 Å². The molecule has 0 bridgehead atoms. The lowest BCUT2D eigenvalue weighted by atomic mass is 10.2. The van der Waals surface area contributed by atoms with Crippen LogP contribution in [0.2, 0.25) is 0 Å². The van der Waals surface area contributed by atoms with E-state index in [0.29, 0.717) is 5.75 Å². The van der Waals surface area contributed by atoms with Crippen molar-refractivity contribution in [3.8, 4) is 11.5 Å². The smallest absolute Gasteiger partial charge is 0.241 e. The zero-order valence-corrected chi connectivity index (χ0v) is 11.6. The molecule has 1 unspecified atom stereocenters. The molecule has 0 saturated heterocycles. The van der Waals surface area contributed by atoms with Gasteiger partial charge in [0.1, 0.15) is 11.8 Å². The first kappa shape index (κ1) is 13.9. The van der Waals surface area contributed by atoms with Gasteiger partial charge in [-0.2, -0.15) is 0 Å². The van der Waals surface area contributed by atoms with Crippen LogP contribution >= 0.6 is 0 Å². The molecule has 104 valence electrons. The van der Waals surface area contributed by atoms with E-state index in [1.165, 1.54) is 0 Å². The molecule has 4 nitrogen and oxygen atoms in total. The Labute approximate surface area is 118 Å². The van der Waals surface area contributed by atoms with Gasteiger partial charge >= 0.3 is 0 Å². The van der Waals surface area contributed by atoms with Crippen LogP contribution in [0.25, 0.3) is 0 Å². The summed E-state index contributed by atoms with van der Waals surface area (Å²) in [5.74, 6) is 1.38. The summed E-state index contributed by atoms with van der Waals surface area (Å²) in [6, 6.07) is 16.8. The normalized spacial score (nSPS) is 11.5. The van der Waals surface area contributed by atoms with Gasteiger partial charge in [-0.15, -0.1) is 0 Å². The number of anilines is 1. The van der Waals surface area contributed by atoms with Crippen molar-refractivity contribution in [2.24, 2.45) is 0 Å². The zero-order chi connectivity index (χ0) is 14.4. The number of ether oxygens (including phenoxy) is 1. The van der Waals surface area contributed by atoms with Crippen LogP contribution < -0.4 is 15.4 Å². The van der Waals surface area contributed by atoms with Gasteiger partial charge in [0, 0.05) is 7.05 Å². The summed E-state index contributed by atoms with van der Waals surface area (Å²) >= 11 is 0. The van der Waals surface area contributed by atoms with Crippen molar-refractivity contribution in [3.05, 3.63) is 54.6 Å². The van der Waals surface area contributed by atoms with Gasteiger partial charge in [-0.1, -0.05) is 30.3 Å². The summed E-state index contributed by atoms with van der Waals surface area (Å²) < 4.78 is 5.83. The maximum absolute atomic E-state index is 11.6. The van der Waals surface area contributed by atoms with Crippen molar-refractivity contribution in [1.82, 2.24) is 5.32 Å². The lowest BCUT2D eigenvalue weighted by molar-refractivity contribution is -0.121. The molecule has 1 amide bonds. The van der Waals surface area contributed by atoms with Gasteiger partial charge in [0.15, 0.2) is 5.75 Å². The molecular weight excluding hydrogens is 252 g/mol. The molecule has 2 rings (SSSR count). The number of carbonyl (C=O) groups is 1. The second-order valence-corrected chi connectivity index (χ2v) is 4.39. The summed E-state index contributed by atoms with van der Waals surface area (Å²) in [6.45, 7) is 1.80. The van der Waals surface area contributed by atoms with E-state index in [9.17, 15) is 4.79 Å². The van der Waals surface area contributed by atoms with Crippen LogP contribution in [-0.2, 0) is 4.79 Å². The van der Waals surface area contributed by atoms with Gasteiger partial charge in [-0.3, -0.25) is 4.79 Å². The third-order valence-electron chi connectivity index (χ3n) is 2.87. The van der Waals surface area contributed by atoms with Crippen molar-refractivity contribution in [1.29, 1.82) is 0 Å². The van der Waals surface area contributed by atoms with E-state index in [2.05, 4.69) is 10.6 Å². The molecule has 2 aromatic carbocycles. The Hall–Kier alpha value is -2.49. The molecule has 0 heterocycles. The average molecular weight is 270 g/mol. The topological polar surface area (TPSA) is 50.4 Å². The third kappa shape index (κ3) is 3.51. The van der Waals surface area contributed by atoms with Crippen LogP contribution in [0, 0.1) is 0 Å². The predicted octanol–water partition coefficient (Wildman–Crippen LogP) is 3.03. The molecule has 0 aliphatic rings. The summed E-state index contributed by atoms with van der Waals surface area (Å²) in [5.41, 5.74) is 0.785. The van der Waals surface area contributed by atoms with Crippen LogP contribution in [0.1, 0.15) is 6.92 Å². The van der Waals surface area contributed by atoms with Gasteiger partial charge in [0.25, 0.3) is 0 Å². The number of carbonyl (C=O) groups excluding carboxylic acids is 1. The molecule has 0 aromatic heterocycles. The highest BCUT2D eigenvalue weighted by molar-refractivity contribution is 5.84. The molecular formula is C16H18N2O2. The van der Waals surface area contributed by atoms with E-state index in [1.807, 2.05) is 54.6 Å². The Bertz CT molecular complexity index is 570. The largest absolute Gasteiger partial charge is 0.455 e. The summed E-state index contributed by atoms with van der Waals surface area (Å²) in [7, 11) is 1.62. The average Bonchev–Trinajstić information content (AvgIpc) is 2.49. The SMILES string of the molecule is CNC(=O)C(C)Nc1ccccc1Oc1ccccc1. The molecule has 0 spiro atoms.